The first-order chi connectivity index (χ1) is 13.0. The Kier molecular flexibility index (Phi) is 6.24. The van der Waals surface area contributed by atoms with E-state index >= 15 is 0 Å². The number of likely N-dealkylation sites (tertiary alicyclic amines) is 1. The lowest BCUT2D eigenvalue weighted by Crippen LogP contribution is -2.45. The molecule has 6 nitrogen and oxygen atoms in total. The molecule has 0 spiro atoms. The quantitative estimate of drug-likeness (QED) is 0.816. The van der Waals surface area contributed by atoms with E-state index in [4.69, 9.17) is 4.42 Å². The van der Waals surface area contributed by atoms with Gasteiger partial charge in [-0.05, 0) is 44.0 Å². The fraction of sp³-hybridized carbons (Fsp3) is 0.400. The summed E-state index contributed by atoms with van der Waals surface area (Å²) in [5.41, 5.74) is 1.04. The van der Waals surface area contributed by atoms with Crippen molar-refractivity contribution < 1.29 is 18.4 Å². The maximum absolute atomic E-state index is 13.1. The van der Waals surface area contributed by atoms with E-state index in [0.29, 0.717) is 30.0 Å². The summed E-state index contributed by atoms with van der Waals surface area (Å²) >= 11 is 0. The molecule has 7 heteroatoms. The Bertz CT molecular complexity index is 797. The second kappa shape index (κ2) is 8.81. The van der Waals surface area contributed by atoms with E-state index < -0.39 is 0 Å². The van der Waals surface area contributed by atoms with Crippen molar-refractivity contribution in [3.8, 4) is 0 Å². The molecule has 1 fully saturated rings. The molecule has 1 aromatic carbocycles. The first kappa shape index (κ1) is 19.1. The molecule has 2 heterocycles. The van der Waals surface area contributed by atoms with Crippen molar-refractivity contribution in [2.45, 2.75) is 32.2 Å². The molecule has 2 N–H and O–H groups in total. The standard InChI is InChI=1S/C20H24FN3O3/c1-14-18(8-12-27-14)20(26)23-16-5-9-24(10-6-16)11-7-19(25)22-17-4-2-3-15(21)13-17/h2-4,8,12-13,16H,5-7,9-11H2,1H3,(H,22,25)(H,23,26). The van der Waals surface area contributed by atoms with Gasteiger partial charge in [-0.2, -0.15) is 0 Å². The van der Waals surface area contributed by atoms with Gasteiger partial charge in [0.15, 0.2) is 0 Å². The molecule has 1 saturated heterocycles. The van der Waals surface area contributed by atoms with Crippen LogP contribution in [0.4, 0.5) is 10.1 Å². The topological polar surface area (TPSA) is 74.6 Å². The smallest absolute Gasteiger partial charge is 0.255 e. The van der Waals surface area contributed by atoms with Crippen molar-refractivity contribution in [2.24, 2.45) is 0 Å². The zero-order valence-electron chi connectivity index (χ0n) is 15.3. The minimum Gasteiger partial charge on any atom is -0.469 e. The fourth-order valence-electron chi connectivity index (χ4n) is 3.23. The molecule has 0 atom stereocenters. The maximum Gasteiger partial charge on any atom is 0.255 e. The van der Waals surface area contributed by atoms with E-state index in [1.165, 1.54) is 18.4 Å². The highest BCUT2D eigenvalue weighted by atomic mass is 19.1. The number of anilines is 1. The van der Waals surface area contributed by atoms with Gasteiger partial charge in [0.25, 0.3) is 5.91 Å². The average molecular weight is 373 g/mol. The Balaban J connectivity index is 1.37. The van der Waals surface area contributed by atoms with Crippen LogP contribution in [0.15, 0.2) is 41.0 Å². The van der Waals surface area contributed by atoms with Crippen LogP contribution in [0.2, 0.25) is 0 Å². The predicted octanol–water partition coefficient (Wildman–Crippen LogP) is 2.95. The lowest BCUT2D eigenvalue weighted by molar-refractivity contribution is -0.116. The molecule has 0 aliphatic carbocycles. The third-order valence-electron chi connectivity index (χ3n) is 4.79. The van der Waals surface area contributed by atoms with E-state index in [1.807, 2.05) is 0 Å². The van der Waals surface area contributed by atoms with Crippen molar-refractivity contribution in [1.29, 1.82) is 0 Å². The van der Waals surface area contributed by atoms with Crippen LogP contribution in [0.1, 0.15) is 35.4 Å². The number of piperidine rings is 1. The molecule has 144 valence electrons. The SMILES string of the molecule is Cc1occc1C(=O)NC1CCN(CCC(=O)Nc2cccc(F)c2)CC1. The third-order valence-corrected chi connectivity index (χ3v) is 4.79. The Morgan fingerprint density at radius 3 is 2.70 bits per heavy atom. The molecule has 0 saturated carbocycles. The van der Waals surface area contributed by atoms with Gasteiger partial charge in [-0.3, -0.25) is 9.59 Å². The van der Waals surface area contributed by atoms with Crippen LogP contribution in [-0.4, -0.2) is 42.4 Å². The van der Waals surface area contributed by atoms with Crippen molar-refractivity contribution in [3.63, 3.8) is 0 Å². The number of carbonyl (C=O) groups is 2. The van der Waals surface area contributed by atoms with Crippen molar-refractivity contribution in [1.82, 2.24) is 10.2 Å². The molecule has 3 rings (SSSR count). The zero-order valence-corrected chi connectivity index (χ0v) is 15.3. The van der Waals surface area contributed by atoms with Crippen LogP contribution in [-0.2, 0) is 4.79 Å². The van der Waals surface area contributed by atoms with Gasteiger partial charge >= 0.3 is 0 Å². The minimum atomic E-state index is -0.373. The largest absolute Gasteiger partial charge is 0.469 e. The molecule has 0 radical (unpaired) electrons. The first-order valence-corrected chi connectivity index (χ1v) is 9.14. The van der Waals surface area contributed by atoms with E-state index in [1.54, 1.807) is 25.1 Å². The van der Waals surface area contributed by atoms with E-state index in [0.717, 1.165) is 25.9 Å². The molecule has 27 heavy (non-hydrogen) atoms. The second-order valence-electron chi connectivity index (χ2n) is 6.79. The zero-order chi connectivity index (χ0) is 19.2. The molecule has 0 bridgehead atoms. The van der Waals surface area contributed by atoms with Gasteiger partial charge in [0.05, 0.1) is 11.8 Å². The molecule has 1 aliphatic heterocycles. The van der Waals surface area contributed by atoms with Gasteiger partial charge < -0.3 is 20.0 Å². The summed E-state index contributed by atoms with van der Waals surface area (Å²) in [4.78, 5) is 26.4. The Morgan fingerprint density at radius 2 is 2.04 bits per heavy atom. The van der Waals surface area contributed by atoms with Gasteiger partial charge in [-0.1, -0.05) is 6.07 Å². The number of hydrogen-bond donors (Lipinski definition) is 2. The highest BCUT2D eigenvalue weighted by molar-refractivity contribution is 5.95. The number of benzene rings is 1. The molecule has 1 aliphatic rings. The number of nitrogens with zero attached hydrogens (tertiary/aromatic N) is 1. The molecular weight excluding hydrogens is 349 g/mol. The summed E-state index contributed by atoms with van der Waals surface area (Å²) in [7, 11) is 0. The van der Waals surface area contributed by atoms with Crippen molar-refractivity contribution in [2.75, 3.05) is 25.0 Å². The molecule has 0 unspecified atom stereocenters. The normalized spacial score (nSPS) is 15.5. The predicted molar refractivity (Wildman–Crippen MR) is 100 cm³/mol. The summed E-state index contributed by atoms with van der Waals surface area (Å²) in [5, 5.41) is 5.75. The number of amides is 2. The number of furan rings is 1. The minimum absolute atomic E-state index is 0.103. The summed E-state index contributed by atoms with van der Waals surface area (Å²) < 4.78 is 18.3. The van der Waals surface area contributed by atoms with Gasteiger partial charge in [0.2, 0.25) is 5.91 Å². The number of halogens is 1. The Hall–Kier alpha value is -2.67. The van der Waals surface area contributed by atoms with Gasteiger partial charge in [-0.15, -0.1) is 0 Å². The molecule has 2 aromatic rings. The fourth-order valence-corrected chi connectivity index (χ4v) is 3.23. The Morgan fingerprint density at radius 1 is 1.26 bits per heavy atom. The summed E-state index contributed by atoms with van der Waals surface area (Å²) in [6, 6.07) is 7.67. The lowest BCUT2D eigenvalue weighted by atomic mass is 10.0. The summed E-state index contributed by atoms with van der Waals surface area (Å²) in [5.74, 6) is 0.0115. The lowest BCUT2D eigenvalue weighted by Gasteiger charge is -2.32. The van der Waals surface area contributed by atoms with Gasteiger partial charge in [0.1, 0.15) is 11.6 Å². The second-order valence-corrected chi connectivity index (χ2v) is 6.79. The van der Waals surface area contributed by atoms with Crippen LogP contribution >= 0.6 is 0 Å². The van der Waals surface area contributed by atoms with Crippen LogP contribution in [0.25, 0.3) is 0 Å². The maximum atomic E-state index is 13.1. The van der Waals surface area contributed by atoms with Crippen molar-refractivity contribution >= 4 is 17.5 Å². The number of hydrogen-bond acceptors (Lipinski definition) is 4. The van der Waals surface area contributed by atoms with Gasteiger partial charge in [-0.25, -0.2) is 4.39 Å². The molecular formula is C20H24FN3O3. The molecule has 1 aromatic heterocycles. The van der Waals surface area contributed by atoms with Crippen LogP contribution < -0.4 is 10.6 Å². The van der Waals surface area contributed by atoms with Crippen LogP contribution in [0.3, 0.4) is 0 Å². The van der Waals surface area contributed by atoms with E-state index in [9.17, 15) is 14.0 Å². The number of nitrogens with one attached hydrogen (secondary N) is 2. The highest BCUT2D eigenvalue weighted by Crippen LogP contribution is 2.14. The summed E-state index contributed by atoms with van der Waals surface area (Å²) in [6.45, 7) is 4.06. The van der Waals surface area contributed by atoms with Crippen LogP contribution in [0.5, 0.6) is 0 Å². The van der Waals surface area contributed by atoms with E-state index in [2.05, 4.69) is 15.5 Å². The van der Waals surface area contributed by atoms with Crippen molar-refractivity contribution in [3.05, 3.63) is 53.7 Å². The monoisotopic (exact) mass is 373 g/mol. The third kappa shape index (κ3) is 5.40. The average Bonchev–Trinajstić information content (AvgIpc) is 3.07. The molecule has 2 amide bonds. The first-order valence-electron chi connectivity index (χ1n) is 9.14. The number of rotatable bonds is 6. The number of carbonyl (C=O) groups excluding carboxylic acids is 2. The van der Waals surface area contributed by atoms with E-state index in [-0.39, 0.29) is 23.7 Å². The summed E-state index contributed by atoms with van der Waals surface area (Å²) in [6.07, 6.45) is 3.55. The highest BCUT2D eigenvalue weighted by Gasteiger charge is 2.22. The Labute approximate surface area is 157 Å². The van der Waals surface area contributed by atoms with Crippen LogP contribution in [0, 0.1) is 12.7 Å². The van der Waals surface area contributed by atoms with Gasteiger partial charge in [0, 0.05) is 37.8 Å². The number of aryl methyl sites for hydroxylation is 1.